The van der Waals surface area contributed by atoms with Crippen LogP contribution in [0.2, 0.25) is 5.02 Å². The zero-order valence-electron chi connectivity index (χ0n) is 16.4. The van der Waals surface area contributed by atoms with Gasteiger partial charge in [-0.1, -0.05) is 53.3 Å². The quantitative estimate of drug-likeness (QED) is 0.480. The number of benzene rings is 2. The Hall–Kier alpha value is -3.29. The van der Waals surface area contributed by atoms with Gasteiger partial charge in [0.2, 0.25) is 4.96 Å². The number of halogens is 1. The van der Waals surface area contributed by atoms with Crippen molar-refractivity contribution in [2.45, 2.75) is 19.4 Å². The van der Waals surface area contributed by atoms with E-state index in [0.717, 1.165) is 33.8 Å². The van der Waals surface area contributed by atoms with Crippen LogP contribution in [-0.2, 0) is 6.42 Å². The van der Waals surface area contributed by atoms with Gasteiger partial charge in [-0.15, -0.1) is 0 Å². The Morgan fingerprint density at radius 1 is 1.16 bits per heavy atom. The summed E-state index contributed by atoms with van der Waals surface area (Å²) in [5, 5.41) is 4.91. The highest BCUT2D eigenvalue weighted by Gasteiger charge is 2.18. The van der Waals surface area contributed by atoms with Gasteiger partial charge in [0.1, 0.15) is 17.5 Å². The van der Waals surface area contributed by atoms with Crippen molar-refractivity contribution >= 4 is 40.1 Å². The first-order chi connectivity index (χ1) is 15.0. The van der Waals surface area contributed by atoms with E-state index < -0.39 is 5.56 Å². The molecule has 31 heavy (non-hydrogen) atoms. The Labute approximate surface area is 185 Å². The fraction of sp³-hybridized carbons (Fsp3) is 0.130. The number of thiazole rings is 1. The predicted octanol–water partition coefficient (Wildman–Crippen LogP) is 3.12. The third-order valence-electron chi connectivity index (χ3n) is 5.05. The van der Waals surface area contributed by atoms with Crippen molar-refractivity contribution < 1.29 is 4.74 Å². The van der Waals surface area contributed by atoms with Crippen LogP contribution in [0.3, 0.4) is 0 Å². The molecule has 2 aromatic heterocycles. The number of nitrogens with zero attached hydrogens (tertiary/aromatic N) is 3. The first-order valence-corrected chi connectivity index (χ1v) is 10.8. The molecule has 154 valence electrons. The Morgan fingerprint density at radius 2 is 1.94 bits per heavy atom. The van der Waals surface area contributed by atoms with Crippen LogP contribution >= 0.6 is 22.9 Å². The van der Waals surface area contributed by atoms with Crippen molar-refractivity contribution in [3.8, 4) is 5.75 Å². The van der Waals surface area contributed by atoms with Crippen molar-refractivity contribution in [1.29, 1.82) is 0 Å². The van der Waals surface area contributed by atoms with Gasteiger partial charge in [0.05, 0.1) is 4.53 Å². The summed E-state index contributed by atoms with van der Waals surface area (Å²) in [4.78, 5) is 29.8. The van der Waals surface area contributed by atoms with E-state index in [1.54, 1.807) is 18.2 Å². The number of hydrogen-bond acceptors (Lipinski definition) is 6. The molecule has 0 saturated heterocycles. The lowest BCUT2D eigenvalue weighted by Crippen LogP contribution is -2.29. The monoisotopic (exact) mass is 449 g/mol. The minimum absolute atomic E-state index is 0.207. The smallest absolute Gasteiger partial charge is 0.296 e. The molecule has 8 heteroatoms. The second-order valence-corrected chi connectivity index (χ2v) is 8.66. The van der Waals surface area contributed by atoms with Crippen LogP contribution in [0, 0.1) is 0 Å². The summed E-state index contributed by atoms with van der Waals surface area (Å²) in [5.41, 5.74) is 2.15. The summed E-state index contributed by atoms with van der Waals surface area (Å²) in [6.45, 7) is 1.93. The molecular weight excluding hydrogens is 434 g/mol. The summed E-state index contributed by atoms with van der Waals surface area (Å²) in [6.07, 6.45) is 3.85. The Bertz CT molecular complexity index is 1510. The number of para-hydroxylation sites is 1. The molecule has 4 aromatic rings. The van der Waals surface area contributed by atoms with Crippen molar-refractivity contribution in [2.75, 3.05) is 0 Å². The minimum atomic E-state index is -0.440. The van der Waals surface area contributed by atoms with Crippen LogP contribution in [0.1, 0.15) is 23.7 Å². The number of fused-ring (bicyclic) bond motifs is 2. The lowest BCUT2D eigenvalue weighted by atomic mass is 10.0. The molecule has 2 aromatic carbocycles. The largest absolute Gasteiger partial charge is 0.485 e. The molecular formula is C23H16ClN3O3S. The number of aromatic nitrogens is 3. The van der Waals surface area contributed by atoms with E-state index in [4.69, 9.17) is 16.3 Å². The van der Waals surface area contributed by atoms with Crippen molar-refractivity contribution in [1.82, 2.24) is 14.6 Å². The molecule has 0 radical (unpaired) electrons. The Kier molecular flexibility index (Phi) is 4.92. The SMILES string of the molecule is CC1Oc2ccccc2C=C1C=c1sc2nc(=O)c(Cc3ccc(Cl)cc3)nn2c1=O. The van der Waals surface area contributed by atoms with Crippen LogP contribution in [0.4, 0.5) is 0 Å². The molecule has 0 aliphatic carbocycles. The zero-order valence-corrected chi connectivity index (χ0v) is 18.0. The third kappa shape index (κ3) is 3.78. The highest BCUT2D eigenvalue weighted by Crippen LogP contribution is 2.29. The maximum absolute atomic E-state index is 13.0. The molecule has 1 aliphatic rings. The average Bonchev–Trinajstić information content (AvgIpc) is 3.05. The molecule has 1 unspecified atom stereocenters. The van der Waals surface area contributed by atoms with Gasteiger partial charge in [-0.05, 0) is 48.4 Å². The summed E-state index contributed by atoms with van der Waals surface area (Å²) in [5.74, 6) is 0.811. The third-order valence-corrected chi connectivity index (χ3v) is 6.26. The lowest BCUT2D eigenvalue weighted by molar-refractivity contribution is 0.259. The molecule has 0 N–H and O–H groups in total. The molecule has 0 bridgehead atoms. The van der Waals surface area contributed by atoms with E-state index >= 15 is 0 Å². The minimum Gasteiger partial charge on any atom is -0.485 e. The van der Waals surface area contributed by atoms with Crippen LogP contribution in [0.15, 0.2) is 63.7 Å². The highest BCUT2D eigenvalue weighted by molar-refractivity contribution is 7.15. The Balaban J connectivity index is 1.58. The summed E-state index contributed by atoms with van der Waals surface area (Å²) in [6, 6.07) is 14.9. The molecule has 1 aliphatic heterocycles. The van der Waals surface area contributed by atoms with Crippen LogP contribution in [-0.4, -0.2) is 20.7 Å². The fourth-order valence-electron chi connectivity index (χ4n) is 3.42. The molecule has 0 fully saturated rings. The molecule has 6 nitrogen and oxygen atoms in total. The van der Waals surface area contributed by atoms with Gasteiger partial charge in [0, 0.05) is 17.0 Å². The van der Waals surface area contributed by atoms with Crippen molar-refractivity contribution in [2.24, 2.45) is 0 Å². The average molecular weight is 450 g/mol. The first-order valence-electron chi connectivity index (χ1n) is 9.64. The molecule has 5 rings (SSSR count). The summed E-state index contributed by atoms with van der Waals surface area (Å²) < 4.78 is 7.60. The second kappa shape index (κ2) is 7.76. The molecule has 3 heterocycles. The topological polar surface area (TPSA) is 73.6 Å². The van der Waals surface area contributed by atoms with Crippen LogP contribution in [0.25, 0.3) is 17.1 Å². The van der Waals surface area contributed by atoms with E-state index in [9.17, 15) is 9.59 Å². The first kappa shape index (κ1) is 19.7. The van der Waals surface area contributed by atoms with Gasteiger partial charge in [0.15, 0.2) is 0 Å². The van der Waals surface area contributed by atoms with Crippen molar-refractivity contribution in [3.63, 3.8) is 0 Å². The van der Waals surface area contributed by atoms with E-state index in [-0.39, 0.29) is 28.7 Å². The standard InChI is InChI=1S/C23H16ClN3O3S/c1-13-16(11-15-4-2-3-5-19(15)30-13)12-20-22(29)27-23(31-20)25-21(28)18(26-27)10-14-6-8-17(24)9-7-14/h2-9,11-13H,10H2,1H3. The maximum Gasteiger partial charge on any atom is 0.296 e. The summed E-state index contributed by atoms with van der Waals surface area (Å²) >= 11 is 7.05. The molecule has 0 saturated carbocycles. The normalized spacial score (nSPS) is 16.1. The van der Waals surface area contributed by atoms with Crippen LogP contribution in [0.5, 0.6) is 5.75 Å². The predicted molar refractivity (Wildman–Crippen MR) is 122 cm³/mol. The van der Waals surface area contributed by atoms with Crippen molar-refractivity contribution in [3.05, 3.63) is 101 Å². The lowest BCUT2D eigenvalue weighted by Gasteiger charge is -2.22. The second-order valence-electron chi connectivity index (χ2n) is 7.22. The summed E-state index contributed by atoms with van der Waals surface area (Å²) in [7, 11) is 0. The zero-order chi connectivity index (χ0) is 21.5. The number of ether oxygens (including phenoxy) is 1. The van der Waals surface area contributed by atoms with Gasteiger partial charge in [-0.25, -0.2) is 0 Å². The highest BCUT2D eigenvalue weighted by atomic mass is 35.5. The number of rotatable bonds is 3. The van der Waals surface area contributed by atoms with E-state index in [1.165, 1.54) is 4.52 Å². The molecule has 1 atom stereocenters. The van der Waals surface area contributed by atoms with Crippen LogP contribution < -0.4 is 20.4 Å². The van der Waals surface area contributed by atoms with Gasteiger partial charge in [-0.2, -0.15) is 14.6 Å². The van der Waals surface area contributed by atoms with Gasteiger partial charge < -0.3 is 4.74 Å². The van der Waals surface area contributed by atoms with E-state index in [1.807, 2.05) is 49.4 Å². The van der Waals surface area contributed by atoms with E-state index in [0.29, 0.717) is 9.55 Å². The number of hydrogen-bond donors (Lipinski definition) is 0. The maximum atomic E-state index is 13.0. The van der Waals surface area contributed by atoms with E-state index in [2.05, 4.69) is 10.1 Å². The molecule has 0 amide bonds. The Morgan fingerprint density at radius 3 is 2.74 bits per heavy atom. The fourth-order valence-corrected chi connectivity index (χ4v) is 4.45. The van der Waals surface area contributed by atoms with Gasteiger partial charge in [-0.3, -0.25) is 9.59 Å². The molecule has 0 spiro atoms. The van der Waals surface area contributed by atoms with Gasteiger partial charge in [0.25, 0.3) is 11.1 Å². The van der Waals surface area contributed by atoms with Gasteiger partial charge >= 0.3 is 0 Å².